The number of carbonyl (C=O) groups excluding carboxylic acids is 1. The maximum absolute atomic E-state index is 11.5. The Labute approximate surface area is 172 Å². The van der Waals surface area contributed by atoms with Crippen molar-refractivity contribution in [1.29, 1.82) is 0 Å². The smallest absolute Gasteiger partial charge is 0.248 e. The number of nitrogens with zero attached hydrogens (tertiary/aromatic N) is 3. The van der Waals surface area contributed by atoms with Gasteiger partial charge in [0.25, 0.3) is 0 Å². The van der Waals surface area contributed by atoms with Gasteiger partial charge in [-0.2, -0.15) is 0 Å². The van der Waals surface area contributed by atoms with Crippen LogP contribution in [-0.2, 0) is 0 Å². The molecule has 0 atom stereocenters. The zero-order valence-corrected chi connectivity index (χ0v) is 16.7. The highest BCUT2D eigenvalue weighted by molar-refractivity contribution is 5.94. The van der Waals surface area contributed by atoms with Crippen LogP contribution in [-0.4, -0.2) is 40.1 Å². The summed E-state index contributed by atoms with van der Waals surface area (Å²) >= 11 is 0. The lowest BCUT2D eigenvalue weighted by atomic mass is 10.1. The van der Waals surface area contributed by atoms with Crippen molar-refractivity contribution in [3.05, 3.63) is 53.9 Å². The zero-order valence-electron chi connectivity index (χ0n) is 16.7. The average Bonchev–Trinajstić information content (AvgIpc) is 3.22. The molecule has 9 nitrogen and oxygen atoms in total. The highest BCUT2D eigenvalue weighted by Crippen LogP contribution is 2.35. The van der Waals surface area contributed by atoms with E-state index in [0.29, 0.717) is 45.4 Å². The van der Waals surface area contributed by atoms with Crippen molar-refractivity contribution < 1.29 is 14.3 Å². The van der Waals surface area contributed by atoms with Gasteiger partial charge >= 0.3 is 0 Å². The lowest BCUT2D eigenvalue weighted by molar-refractivity contribution is 0.100. The molecule has 0 aliphatic heterocycles. The van der Waals surface area contributed by atoms with Crippen molar-refractivity contribution in [2.24, 2.45) is 5.73 Å². The number of nitrogens with two attached hydrogens (primary N) is 1. The molecule has 0 radical (unpaired) electrons. The van der Waals surface area contributed by atoms with Crippen molar-refractivity contribution in [1.82, 2.24) is 19.9 Å². The molecule has 0 saturated carbocycles. The van der Waals surface area contributed by atoms with Crippen LogP contribution in [0.2, 0.25) is 0 Å². The molecule has 1 amide bonds. The molecule has 4 aromatic rings. The summed E-state index contributed by atoms with van der Waals surface area (Å²) in [4.78, 5) is 28.0. The quantitative estimate of drug-likeness (QED) is 0.450. The number of ether oxygens (including phenoxy) is 2. The van der Waals surface area contributed by atoms with Crippen LogP contribution in [0.5, 0.6) is 11.5 Å². The summed E-state index contributed by atoms with van der Waals surface area (Å²) < 4.78 is 10.8. The summed E-state index contributed by atoms with van der Waals surface area (Å²) in [5, 5.41) is 3.30. The second-order valence-electron chi connectivity index (χ2n) is 6.60. The normalized spacial score (nSPS) is 10.8. The molecule has 2 heterocycles. The van der Waals surface area contributed by atoms with Gasteiger partial charge < -0.3 is 25.5 Å². The van der Waals surface area contributed by atoms with E-state index in [1.54, 1.807) is 38.7 Å². The van der Waals surface area contributed by atoms with Crippen LogP contribution in [0, 0.1) is 6.92 Å². The average molecular weight is 404 g/mol. The van der Waals surface area contributed by atoms with E-state index in [0.717, 1.165) is 11.3 Å². The van der Waals surface area contributed by atoms with E-state index >= 15 is 0 Å². The molecule has 0 unspecified atom stereocenters. The van der Waals surface area contributed by atoms with Gasteiger partial charge in [0.15, 0.2) is 28.8 Å². The van der Waals surface area contributed by atoms with Crippen molar-refractivity contribution in [2.75, 3.05) is 19.5 Å². The lowest BCUT2D eigenvalue weighted by Crippen LogP contribution is -2.10. The van der Waals surface area contributed by atoms with Crippen molar-refractivity contribution in [3.8, 4) is 22.9 Å². The molecule has 2 aromatic carbocycles. The first kappa shape index (κ1) is 19.2. The molecule has 4 N–H and O–H groups in total. The topological polar surface area (TPSA) is 128 Å². The van der Waals surface area contributed by atoms with E-state index < -0.39 is 5.91 Å². The predicted molar refractivity (Wildman–Crippen MR) is 113 cm³/mol. The third-order valence-corrected chi connectivity index (χ3v) is 4.62. The van der Waals surface area contributed by atoms with Gasteiger partial charge in [0.1, 0.15) is 5.52 Å². The van der Waals surface area contributed by atoms with Gasteiger partial charge in [-0.25, -0.2) is 15.0 Å². The van der Waals surface area contributed by atoms with Crippen molar-refractivity contribution in [3.63, 3.8) is 0 Å². The molecule has 0 saturated heterocycles. The maximum Gasteiger partial charge on any atom is 0.248 e. The summed E-state index contributed by atoms with van der Waals surface area (Å²) in [5.74, 6) is 1.70. The number of imidazole rings is 1. The molecular formula is C21H20N6O3. The maximum atomic E-state index is 11.5. The second kappa shape index (κ2) is 7.70. The zero-order chi connectivity index (χ0) is 21.3. The monoisotopic (exact) mass is 404 g/mol. The number of amides is 1. The van der Waals surface area contributed by atoms with E-state index in [4.69, 9.17) is 15.2 Å². The van der Waals surface area contributed by atoms with E-state index in [9.17, 15) is 4.79 Å². The summed E-state index contributed by atoms with van der Waals surface area (Å²) in [6.45, 7) is 1.93. The standard InChI is InChI=1S/C21H20N6O3/c1-11-7-14(9-15(29-2)17(11)30-3)25-21-16-20(24-10-23-16)26-19(27-21)13-6-4-5-12(8-13)18(22)28/h4-10H,1-3H3,(H2,22,28)(H2,23,24,25,26,27). The Morgan fingerprint density at radius 2 is 1.97 bits per heavy atom. The van der Waals surface area contributed by atoms with E-state index in [2.05, 4.69) is 25.3 Å². The van der Waals surface area contributed by atoms with Gasteiger partial charge in [-0.05, 0) is 30.7 Å². The number of H-pyrrole nitrogens is 1. The minimum atomic E-state index is -0.517. The molecule has 0 spiro atoms. The Balaban J connectivity index is 1.80. The van der Waals surface area contributed by atoms with Crippen LogP contribution >= 0.6 is 0 Å². The van der Waals surface area contributed by atoms with Crippen LogP contribution in [0.15, 0.2) is 42.7 Å². The Kier molecular flexibility index (Phi) is 4.93. The number of primary amides is 1. The van der Waals surface area contributed by atoms with Gasteiger partial charge in [-0.3, -0.25) is 4.79 Å². The number of benzene rings is 2. The van der Waals surface area contributed by atoms with Gasteiger partial charge in [0.2, 0.25) is 5.91 Å². The fraction of sp³-hybridized carbons (Fsp3) is 0.143. The third-order valence-electron chi connectivity index (χ3n) is 4.62. The Morgan fingerprint density at radius 3 is 2.70 bits per heavy atom. The predicted octanol–water partition coefficient (Wildman–Crippen LogP) is 3.19. The number of aromatic nitrogens is 4. The molecule has 0 aliphatic carbocycles. The van der Waals surface area contributed by atoms with Gasteiger partial charge in [-0.1, -0.05) is 12.1 Å². The summed E-state index contributed by atoms with van der Waals surface area (Å²) in [7, 11) is 3.19. The Morgan fingerprint density at radius 1 is 1.13 bits per heavy atom. The van der Waals surface area contributed by atoms with E-state index in [-0.39, 0.29) is 0 Å². The first-order valence-electron chi connectivity index (χ1n) is 9.11. The second-order valence-corrected chi connectivity index (χ2v) is 6.60. The Hall–Kier alpha value is -4.14. The molecule has 0 aliphatic rings. The summed E-state index contributed by atoms with van der Waals surface area (Å²) in [5.41, 5.74) is 9.24. The first-order chi connectivity index (χ1) is 14.5. The fourth-order valence-corrected chi connectivity index (χ4v) is 3.23. The molecule has 9 heteroatoms. The van der Waals surface area contributed by atoms with Crippen LogP contribution in [0.25, 0.3) is 22.6 Å². The summed E-state index contributed by atoms with van der Waals surface area (Å²) in [6.07, 6.45) is 1.55. The highest BCUT2D eigenvalue weighted by Gasteiger charge is 2.15. The largest absolute Gasteiger partial charge is 0.493 e. The molecule has 0 fully saturated rings. The van der Waals surface area contributed by atoms with Crippen molar-refractivity contribution >= 4 is 28.6 Å². The number of rotatable bonds is 6. The Bertz CT molecular complexity index is 1250. The minimum absolute atomic E-state index is 0.378. The first-order valence-corrected chi connectivity index (χ1v) is 9.11. The van der Waals surface area contributed by atoms with Gasteiger partial charge in [0, 0.05) is 22.9 Å². The van der Waals surface area contributed by atoms with Crippen LogP contribution in [0.1, 0.15) is 15.9 Å². The third kappa shape index (κ3) is 3.48. The van der Waals surface area contributed by atoms with Gasteiger partial charge in [-0.15, -0.1) is 0 Å². The van der Waals surface area contributed by atoms with Gasteiger partial charge in [0.05, 0.1) is 20.5 Å². The minimum Gasteiger partial charge on any atom is -0.493 e. The van der Waals surface area contributed by atoms with Crippen LogP contribution < -0.4 is 20.5 Å². The molecule has 4 rings (SSSR count). The molecule has 30 heavy (non-hydrogen) atoms. The number of aryl methyl sites for hydroxylation is 1. The molecule has 2 aromatic heterocycles. The van der Waals surface area contributed by atoms with Crippen LogP contribution in [0.4, 0.5) is 11.5 Å². The SMILES string of the molecule is COc1cc(Nc2nc(-c3cccc(C(N)=O)c3)nc3nc[nH]c23)cc(C)c1OC. The molecule has 0 bridgehead atoms. The lowest BCUT2D eigenvalue weighted by Gasteiger charge is -2.14. The number of hydrogen-bond acceptors (Lipinski definition) is 7. The van der Waals surface area contributed by atoms with E-state index in [1.165, 1.54) is 0 Å². The fourth-order valence-electron chi connectivity index (χ4n) is 3.23. The molecule has 152 valence electrons. The van der Waals surface area contributed by atoms with Crippen LogP contribution in [0.3, 0.4) is 0 Å². The van der Waals surface area contributed by atoms with E-state index in [1.807, 2.05) is 25.1 Å². The number of nitrogens with one attached hydrogen (secondary N) is 2. The number of hydrogen-bond donors (Lipinski definition) is 3. The summed E-state index contributed by atoms with van der Waals surface area (Å²) in [6, 6.07) is 10.6. The number of methoxy groups -OCH3 is 2. The number of anilines is 2. The molecular weight excluding hydrogens is 384 g/mol. The number of carbonyl (C=O) groups is 1. The number of fused-ring (bicyclic) bond motifs is 1. The van der Waals surface area contributed by atoms with Crippen molar-refractivity contribution in [2.45, 2.75) is 6.92 Å². The highest BCUT2D eigenvalue weighted by atomic mass is 16.5. The number of aromatic amines is 1.